The Morgan fingerprint density at radius 1 is 1.24 bits per heavy atom. The molecular formula is C13H17NO3. The van der Waals surface area contributed by atoms with Crippen LogP contribution in [0.4, 0.5) is 0 Å². The van der Waals surface area contributed by atoms with E-state index in [1.165, 1.54) is 0 Å². The molecule has 0 fully saturated rings. The molecular weight excluding hydrogens is 218 g/mol. The summed E-state index contributed by atoms with van der Waals surface area (Å²) in [4.78, 5) is 22.4. The number of amides is 1. The highest BCUT2D eigenvalue weighted by Crippen LogP contribution is 2.01. The topological polar surface area (TPSA) is 55.4 Å². The molecule has 1 aromatic rings. The largest absolute Gasteiger partial charge is 0.465 e. The summed E-state index contributed by atoms with van der Waals surface area (Å²) in [5.74, 6) is -0.539. The Hall–Kier alpha value is -1.84. The summed E-state index contributed by atoms with van der Waals surface area (Å²) in [7, 11) is 0. The van der Waals surface area contributed by atoms with Gasteiger partial charge in [0.25, 0.3) is 0 Å². The van der Waals surface area contributed by atoms with Gasteiger partial charge in [-0.15, -0.1) is 0 Å². The van der Waals surface area contributed by atoms with E-state index in [-0.39, 0.29) is 12.5 Å². The molecule has 4 nitrogen and oxygen atoms in total. The van der Waals surface area contributed by atoms with Crippen LogP contribution in [0.5, 0.6) is 0 Å². The summed E-state index contributed by atoms with van der Waals surface area (Å²) in [5, 5.41) is 2.52. The number of aryl methyl sites for hydroxylation is 1. The fraction of sp³-hybridized carbons (Fsp3) is 0.385. The van der Waals surface area contributed by atoms with Gasteiger partial charge in [0, 0.05) is 6.42 Å². The fourth-order valence-electron chi connectivity index (χ4n) is 1.37. The standard InChI is InChI=1S/C13H17NO3/c1-2-17-13(16)10-14-12(15)9-8-11-6-4-3-5-7-11/h3-7H,2,8-10H2,1H3,(H,14,15). The van der Waals surface area contributed by atoms with E-state index in [0.717, 1.165) is 5.56 Å². The Kier molecular flexibility index (Phi) is 5.79. The number of hydrogen-bond acceptors (Lipinski definition) is 3. The van der Waals surface area contributed by atoms with Crippen LogP contribution in [-0.4, -0.2) is 25.0 Å². The second-order valence-electron chi connectivity index (χ2n) is 3.57. The Morgan fingerprint density at radius 2 is 1.94 bits per heavy atom. The molecule has 0 saturated carbocycles. The van der Waals surface area contributed by atoms with Crippen LogP contribution in [0, 0.1) is 0 Å². The maximum absolute atomic E-state index is 11.4. The number of carbonyl (C=O) groups excluding carboxylic acids is 2. The molecule has 1 N–H and O–H groups in total. The van der Waals surface area contributed by atoms with Crippen LogP contribution < -0.4 is 5.32 Å². The number of ether oxygens (including phenoxy) is 1. The molecule has 0 aromatic heterocycles. The van der Waals surface area contributed by atoms with Crippen LogP contribution in [0.25, 0.3) is 0 Å². The predicted octanol–water partition coefficient (Wildman–Crippen LogP) is 1.30. The third kappa shape index (κ3) is 5.70. The Bertz CT molecular complexity index is 362. The maximum atomic E-state index is 11.4. The zero-order valence-electron chi connectivity index (χ0n) is 9.94. The van der Waals surface area contributed by atoms with Crippen molar-refractivity contribution in [3.05, 3.63) is 35.9 Å². The van der Waals surface area contributed by atoms with Crippen molar-refractivity contribution in [3.63, 3.8) is 0 Å². The lowest BCUT2D eigenvalue weighted by Crippen LogP contribution is -2.30. The summed E-state index contributed by atoms with van der Waals surface area (Å²) in [5.41, 5.74) is 1.11. The normalized spacial score (nSPS) is 9.71. The number of benzene rings is 1. The smallest absolute Gasteiger partial charge is 0.325 e. The first kappa shape index (κ1) is 13.2. The maximum Gasteiger partial charge on any atom is 0.325 e. The molecule has 0 aliphatic rings. The number of rotatable bonds is 6. The van der Waals surface area contributed by atoms with Crippen molar-refractivity contribution in [2.45, 2.75) is 19.8 Å². The quantitative estimate of drug-likeness (QED) is 0.756. The Balaban J connectivity index is 2.20. The van der Waals surface area contributed by atoms with Crippen LogP contribution in [0.15, 0.2) is 30.3 Å². The van der Waals surface area contributed by atoms with Gasteiger partial charge in [-0.2, -0.15) is 0 Å². The number of hydrogen-bond donors (Lipinski definition) is 1. The highest BCUT2D eigenvalue weighted by molar-refractivity contribution is 5.81. The molecule has 1 rings (SSSR count). The fourth-order valence-corrected chi connectivity index (χ4v) is 1.37. The van der Waals surface area contributed by atoms with Gasteiger partial charge in [-0.25, -0.2) is 0 Å². The van der Waals surface area contributed by atoms with Crippen molar-refractivity contribution in [2.75, 3.05) is 13.2 Å². The summed E-state index contributed by atoms with van der Waals surface area (Å²) in [6.45, 7) is 2.01. The lowest BCUT2D eigenvalue weighted by atomic mass is 10.1. The average molecular weight is 235 g/mol. The molecule has 1 amide bonds. The van der Waals surface area contributed by atoms with Crippen LogP contribution in [-0.2, 0) is 20.7 Å². The Labute approximate surface area is 101 Å². The van der Waals surface area contributed by atoms with Crippen molar-refractivity contribution < 1.29 is 14.3 Å². The summed E-state index contributed by atoms with van der Waals surface area (Å²) in [6, 6.07) is 9.75. The van der Waals surface area contributed by atoms with Crippen molar-refractivity contribution in [3.8, 4) is 0 Å². The minimum atomic E-state index is -0.402. The van der Waals surface area contributed by atoms with E-state index in [4.69, 9.17) is 4.74 Å². The molecule has 0 saturated heterocycles. The van der Waals surface area contributed by atoms with Crippen molar-refractivity contribution in [1.29, 1.82) is 0 Å². The SMILES string of the molecule is CCOC(=O)CNC(=O)CCc1ccccc1. The van der Waals surface area contributed by atoms with Gasteiger partial charge >= 0.3 is 5.97 Å². The van der Waals surface area contributed by atoms with Crippen molar-refractivity contribution >= 4 is 11.9 Å². The van der Waals surface area contributed by atoms with E-state index in [1.54, 1.807) is 6.92 Å². The van der Waals surface area contributed by atoms with Gasteiger partial charge in [0.05, 0.1) is 6.61 Å². The number of esters is 1. The molecule has 0 heterocycles. The van der Waals surface area contributed by atoms with Crippen molar-refractivity contribution in [1.82, 2.24) is 5.32 Å². The van der Waals surface area contributed by atoms with Crippen LogP contribution in [0.2, 0.25) is 0 Å². The predicted molar refractivity (Wildman–Crippen MR) is 64.4 cm³/mol. The molecule has 1 aromatic carbocycles. The molecule has 17 heavy (non-hydrogen) atoms. The Morgan fingerprint density at radius 3 is 2.59 bits per heavy atom. The molecule has 0 unspecified atom stereocenters. The zero-order chi connectivity index (χ0) is 12.5. The first-order valence-electron chi connectivity index (χ1n) is 5.68. The molecule has 0 radical (unpaired) electrons. The van der Waals surface area contributed by atoms with Gasteiger partial charge in [-0.3, -0.25) is 9.59 Å². The molecule has 0 bridgehead atoms. The zero-order valence-corrected chi connectivity index (χ0v) is 9.94. The van der Waals surface area contributed by atoms with Gasteiger partial charge in [0.15, 0.2) is 0 Å². The van der Waals surface area contributed by atoms with E-state index in [9.17, 15) is 9.59 Å². The van der Waals surface area contributed by atoms with E-state index in [2.05, 4.69) is 5.32 Å². The van der Waals surface area contributed by atoms with Gasteiger partial charge in [0.1, 0.15) is 6.54 Å². The van der Waals surface area contributed by atoms with E-state index in [1.807, 2.05) is 30.3 Å². The minimum absolute atomic E-state index is 0.0541. The molecule has 0 atom stereocenters. The third-order valence-electron chi connectivity index (χ3n) is 2.22. The highest BCUT2D eigenvalue weighted by Gasteiger charge is 2.05. The van der Waals surface area contributed by atoms with Gasteiger partial charge in [-0.05, 0) is 18.9 Å². The van der Waals surface area contributed by atoms with E-state index >= 15 is 0 Å². The highest BCUT2D eigenvalue weighted by atomic mass is 16.5. The molecule has 92 valence electrons. The molecule has 0 spiro atoms. The van der Waals surface area contributed by atoms with Crippen LogP contribution >= 0.6 is 0 Å². The van der Waals surface area contributed by atoms with Gasteiger partial charge in [-0.1, -0.05) is 30.3 Å². The lowest BCUT2D eigenvalue weighted by molar-refractivity contribution is -0.143. The number of carbonyl (C=O) groups is 2. The summed E-state index contributed by atoms with van der Waals surface area (Å²) < 4.78 is 4.70. The average Bonchev–Trinajstić information content (AvgIpc) is 2.35. The third-order valence-corrected chi connectivity index (χ3v) is 2.22. The molecule has 4 heteroatoms. The monoisotopic (exact) mass is 235 g/mol. The van der Waals surface area contributed by atoms with Gasteiger partial charge < -0.3 is 10.1 Å². The van der Waals surface area contributed by atoms with Gasteiger partial charge in [0.2, 0.25) is 5.91 Å². The summed E-state index contributed by atoms with van der Waals surface area (Å²) >= 11 is 0. The number of nitrogens with one attached hydrogen (secondary N) is 1. The van der Waals surface area contributed by atoms with E-state index in [0.29, 0.717) is 19.4 Å². The van der Waals surface area contributed by atoms with Crippen LogP contribution in [0.3, 0.4) is 0 Å². The summed E-state index contributed by atoms with van der Waals surface area (Å²) in [6.07, 6.45) is 1.05. The van der Waals surface area contributed by atoms with Crippen molar-refractivity contribution in [2.24, 2.45) is 0 Å². The molecule has 0 aliphatic heterocycles. The minimum Gasteiger partial charge on any atom is -0.465 e. The second-order valence-corrected chi connectivity index (χ2v) is 3.57. The first-order chi connectivity index (χ1) is 8.22. The van der Waals surface area contributed by atoms with E-state index < -0.39 is 5.97 Å². The lowest BCUT2D eigenvalue weighted by Gasteiger charge is -2.04. The second kappa shape index (κ2) is 7.44. The van der Waals surface area contributed by atoms with Crippen LogP contribution in [0.1, 0.15) is 18.9 Å². The first-order valence-corrected chi connectivity index (χ1v) is 5.68. The molecule has 0 aliphatic carbocycles.